The molecule has 0 saturated carbocycles. The molecule has 28 nitrogen and oxygen atoms in total. The van der Waals surface area contributed by atoms with Gasteiger partial charge in [-0.15, -0.1) is 0 Å². The average Bonchev–Trinajstić information content (AvgIpc) is 1.61. The van der Waals surface area contributed by atoms with E-state index in [0.29, 0.717) is 116 Å². The van der Waals surface area contributed by atoms with Gasteiger partial charge < -0.3 is 70.4 Å². The number of amidine groups is 2. The number of rotatable bonds is 39. The monoisotopic (exact) mass is 2010 g/mol. The number of likely N-dealkylation sites (tertiary alicyclic amines) is 1. The highest BCUT2D eigenvalue weighted by molar-refractivity contribution is 5.80. The summed E-state index contributed by atoms with van der Waals surface area (Å²) in [6, 6.07) is 22.4. The van der Waals surface area contributed by atoms with Gasteiger partial charge in [0.05, 0.1) is 17.5 Å². The van der Waals surface area contributed by atoms with Gasteiger partial charge in [-0.2, -0.15) is 0 Å². The number of amides is 5. The fraction of sp³-hybridized carbons (Fsp3) is 0.809. The molecule has 0 atom stereocenters. The molecule has 826 valence electrons. The quantitative estimate of drug-likeness (QED) is 0.0206. The van der Waals surface area contributed by atoms with Crippen LogP contribution >= 0.6 is 0 Å². The molecule has 5 amide bonds. The number of likely N-dealkylation sites (N-methyl/N-ethyl adjacent to an activating group) is 1. The van der Waals surface area contributed by atoms with Crippen molar-refractivity contribution in [2.24, 2.45) is 5.73 Å². The molecule has 8 fully saturated rings. The molecule has 0 unspecified atom stereocenters. The summed E-state index contributed by atoms with van der Waals surface area (Å²) in [5.41, 5.74) is 10.3. The summed E-state index contributed by atoms with van der Waals surface area (Å²) in [4.78, 5) is 105. The predicted molar refractivity (Wildman–Crippen MR) is 605 cm³/mol. The van der Waals surface area contributed by atoms with Crippen molar-refractivity contribution >= 4 is 47.2 Å². The van der Waals surface area contributed by atoms with Crippen LogP contribution in [-0.2, 0) is 28.7 Å². The molecule has 8 saturated heterocycles. The van der Waals surface area contributed by atoms with Crippen LogP contribution in [0.3, 0.4) is 0 Å². The number of nitrogens with zero attached hydrogens (tertiary/aromatic N) is 15. The Morgan fingerprint density at radius 3 is 0.916 bits per heavy atom. The summed E-state index contributed by atoms with van der Waals surface area (Å²) in [6.07, 6.45) is 24.9. The fourth-order valence-corrected chi connectivity index (χ4v) is 19.1. The predicted octanol–water partition coefficient (Wildman–Crippen LogP) is 17.7. The van der Waals surface area contributed by atoms with E-state index < -0.39 is 0 Å². The molecule has 143 heavy (non-hydrogen) atoms. The van der Waals surface area contributed by atoms with Crippen molar-refractivity contribution in [3.05, 3.63) is 72.1 Å². The number of nitrogens with one attached hydrogen (secondary N) is 5. The molecule has 2 aromatic carbocycles. The minimum absolute atomic E-state index is 0. The molecule has 2 aromatic rings. The molecule has 8 aliphatic heterocycles. The molecular formula is C115H219N21O7. The van der Waals surface area contributed by atoms with Gasteiger partial charge in [0.15, 0.2) is 0 Å². The van der Waals surface area contributed by atoms with Crippen molar-refractivity contribution in [3.8, 4) is 11.1 Å². The maximum Gasteiger partial charge on any atom is 0.407 e. The lowest BCUT2D eigenvalue weighted by molar-refractivity contribution is -0.134. The second-order valence-electron chi connectivity index (χ2n) is 43.3. The Bertz CT molecular complexity index is 3590. The van der Waals surface area contributed by atoms with Crippen molar-refractivity contribution in [2.45, 2.75) is 381 Å². The number of benzene rings is 2. The van der Waals surface area contributed by atoms with Gasteiger partial charge in [0.1, 0.15) is 12.4 Å². The normalized spacial score (nSPS) is 17.6. The number of carbonyl (C=O) groups excluding carboxylic acids is 6. The topological polar surface area (TPSA) is 270 Å². The van der Waals surface area contributed by atoms with Gasteiger partial charge in [0.25, 0.3) is 0 Å². The first-order valence-electron chi connectivity index (χ1n) is 56.5. The molecule has 0 spiro atoms. The summed E-state index contributed by atoms with van der Waals surface area (Å²) in [7, 11) is 2.19. The molecule has 11 rings (SSSR count). The van der Waals surface area contributed by atoms with Crippen molar-refractivity contribution in [1.29, 1.82) is 10.8 Å². The van der Waals surface area contributed by atoms with E-state index in [9.17, 15) is 28.8 Å². The largest absolute Gasteiger partial charge is 0.449 e. The van der Waals surface area contributed by atoms with Gasteiger partial charge in [-0.05, 0) is 245 Å². The van der Waals surface area contributed by atoms with E-state index in [1.165, 1.54) is 126 Å². The highest BCUT2D eigenvalue weighted by atomic mass is 16.5. The van der Waals surface area contributed by atoms with Crippen LogP contribution in [0.15, 0.2) is 60.9 Å². The lowest BCUT2D eigenvalue weighted by Crippen LogP contribution is -2.50. The van der Waals surface area contributed by atoms with E-state index >= 15 is 0 Å². The van der Waals surface area contributed by atoms with Crippen LogP contribution in [0.2, 0.25) is 0 Å². The maximum absolute atomic E-state index is 12.4. The molecule has 1 aliphatic carbocycles. The molecule has 0 radical (unpaired) electrons. The van der Waals surface area contributed by atoms with Crippen molar-refractivity contribution < 1.29 is 33.5 Å². The van der Waals surface area contributed by atoms with Crippen molar-refractivity contribution in [2.75, 3.05) is 230 Å². The first-order valence-corrected chi connectivity index (χ1v) is 56.5. The van der Waals surface area contributed by atoms with Gasteiger partial charge in [0.2, 0.25) is 23.6 Å². The highest BCUT2D eigenvalue weighted by Crippen LogP contribution is 2.44. The minimum atomic E-state index is -0.374. The van der Waals surface area contributed by atoms with E-state index in [4.69, 9.17) is 21.3 Å². The summed E-state index contributed by atoms with van der Waals surface area (Å²) >= 11 is 0. The maximum atomic E-state index is 12.4. The Kier molecular flexibility index (Phi) is 71.6. The second kappa shape index (κ2) is 77.5. The number of piperidine rings is 1. The number of piperazine rings is 7. The fourth-order valence-electron chi connectivity index (χ4n) is 19.1. The Morgan fingerprint density at radius 2 is 0.615 bits per heavy atom. The second-order valence-corrected chi connectivity index (χ2v) is 43.3. The van der Waals surface area contributed by atoms with Crippen molar-refractivity contribution in [1.82, 2.24) is 89.4 Å². The number of nitrogens with two attached hydrogens (primary N) is 1. The molecule has 8 heterocycles. The molecule has 9 aliphatic rings. The number of hydrogen-bond donors (Lipinski definition) is 6. The van der Waals surface area contributed by atoms with E-state index in [-0.39, 0.29) is 25.3 Å². The molecule has 0 aromatic heterocycles. The Hall–Kier alpha value is -6.86. The molecule has 0 bridgehead atoms. The summed E-state index contributed by atoms with van der Waals surface area (Å²) in [6.45, 7) is 87.5. The minimum Gasteiger partial charge on any atom is -0.449 e. The van der Waals surface area contributed by atoms with Gasteiger partial charge in [-0.3, -0.25) is 64.3 Å². The molecule has 28 heteroatoms. The number of ketones is 1. The van der Waals surface area contributed by atoms with Crippen LogP contribution < -0.4 is 21.7 Å². The molecule has 7 N–H and O–H groups in total. The highest BCUT2D eigenvalue weighted by Gasteiger charge is 2.32. The zero-order chi connectivity index (χ0) is 105. The summed E-state index contributed by atoms with van der Waals surface area (Å²) < 4.78 is 5.57. The number of fused-ring (bicyclic) bond motifs is 3. The third-order valence-corrected chi connectivity index (χ3v) is 29.1. The third-order valence-electron chi connectivity index (χ3n) is 29.1. The Morgan fingerprint density at radius 1 is 0.343 bits per heavy atom. The zero-order valence-corrected chi connectivity index (χ0v) is 95.3. The Balaban J connectivity index is 0.000000562. The number of unbranched alkanes of at least 4 members (excludes halogenated alkanes) is 11. The number of alkyl carbamates (subject to hydrolysis) is 1. The van der Waals surface area contributed by atoms with Gasteiger partial charge >= 0.3 is 6.09 Å². The van der Waals surface area contributed by atoms with Crippen molar-refractivity contribution in [3.63, 3.8) is 0 Å². The van der Waals surface area contributed by atoms with E-state index in [0.717, 1.165) is 253 Å². The van der Waals surface area contributed by atoms with E-state index in [1.807, 2.05) is 57.7 Å². The van der Waals surface area contributed by atoms with Crippen LogP contribution in [-0.4, -0.2) is 405 Å². The van der Waals surface area contributed by atoms with Gasteiger partial charge in [-0.25, -0.2) is 4.79 Å². The standard InChI is InChI=1S/C28H37N3O3.C15H30N4O.C14H28N2O.C12H25NO.C11H22N2O.2C9H19N3.C8H18N2.C8H17N.CH4/c1-21(2)30-16-18-31(19-17-30)27(32)14-4-3-9-15-29-28(33)34-20-26-24-12-7-5-10-22(24)23-11-6-8-13-25(23)26;1-13(2)18-9-11-19(12-10-18)15(20)7-5-4-6-8-17-14(3)16;1-4-5-6-7-8-14(17)16-11-9-15(10-12-16)13(2)3;1-11(2)13-10-8-6-4-5-7-9-12(3)14;1-4-5-11(14)13-8-6-12(7-9-13)10(2)3;2*1-8(2)11-4-6-12(7-5-11)9(3)10;1-8(2)10-6-4-9(3)5-7-10;1-8(2)9-6-4-3-5-7-9;/h5-8,10-13,21,26H,3-4,9,14-20H2,1-2H3,(H,29,33);13,17H,3-12,16H2,1-2H3;13H,4-12H2,1-3H3;11,13H,4-10H2,1-3H3;10H,4-9H2,1-3H3;2*8,10H,4-7H2,1-3H3;8H,4-7H2,1-3H3;8H,3-7H2,1-2H3;1H4. The van der Waals surface area contributed by atoms with Crippen LogP contribution in [0.5, 0.6) is 0 Å². The average molecular weight is 2010 g/mol. The number of Topliss-reactive ketones (excluding diaryl/α,β-unsaturated/α-hetero) is 1. The molecular weight excluding hydrogens is 1790 g/mol. The zero-order valence-electron chi connectivity index (χ0n) is 95.3. The van der Waals surface area contributed by atoms with Gasteiger partial charge in [-0.1, -0.05) is 148 Å². The summed E-state index contributed by atoms with van der Waals surface area (Å²) in [5.74, 6) is 3.59. The van der Waals surface area contributed by atoms with Crippen LogP contribution in [0.1, 0.15) is 338 Å². The van der Waals surface area contributed by atoms with Crippen LogP contribution in [0.25, 0.3) is 11.1 Å². The lowest BCUT2D eigenvalue weighted by Gasteiger charge is -2.37. The first kappa shape index (κ1) is 132. The van der Waals surface area contributed by atoms with Crippen LogP contribution in [0, 0.1) is 10.8 Å². The smallest absolute Gasteiger partial charge is 0.407 e. The van der Waals surface area contributed by atoms with Crippen LogP contribution in [0.4, 0.5) is 4.79 Å². The van der Waals surface area contributed by atoms with Gasteiger partial charge in [0, 0.05) is 289 Å². The van der Waals surface area contributed by atoms with E-state index in [1.54, 1.807) is 6.92 Å². The SMILES string of the molecule is C.C=C(N)NCCCCCC(=O)N1CCN(C(C)C)CC1.CC(=N)N1CCN(C(C)C)CC1.CC(=N)N1CCN(C(C)C)CC1.CC(=O)CCCCCCCNC(C)C.CC(C)N1CCCCC1.CC(C)N1CCN(C(=O)CCCCCNC(=O)OCC2c3ccccc3-c3ccccc32)CC1.CC(C)N1CCN(C)CC1.CCCC(=O)N1CCN(C(C)C)CC1.CCCCCCC(=O)N1CCN(C(C)C)CC1. The first-order chi connectivity index (χ1) is 67.7. The third kappa shape index (κ3) is 57.5. The summed E-state index contributed by atoms with van der Waals surface area (Å²) in [5, 5.41) is 24.2. The number of hydrogen-bond acceptors (Lipinski definition) is 21. The number of carbonyl (C=O) groups is 6. The lowest BCUT2D eigenvalue weighted by atomic mass is 9.98. The Labute approximate surface area is 875 Å². The van der Waals surface area contributed by atoms with E-state index in [2.05, 4.69) is 246 Å². The number of ether oxygens (including phenoxy) is 1.